The maximum absolute atomic E-state index is 11.2. The highest BCUT2D eigenvalue weighted by Gasteiger charge is 2.12. The first-order chi connectivity index (χ1) is 6.52. The van der Waals surface area contributed by atoms with Gasteiger partial charge in [-0.25, -0.2) is 0 Å². The average Bonchev–Trinajstić information content (AvgIpc) is 2.16. The van der Waals surface area contributed by atoms with E-state index in [0.29, 0.717) is 0 Å². The Morgan fingerprint density at radius 1 is 1.29 bits per heavy atom. The topological polar surface area (TPSA) is 20.3 Å². The van der Waals surface area contributed by atoms with Crippen LogP contribution in [0.2, 0.25) is 0 Å². The van der Waals surface area contributed by atoms with Gasteiger partial charge in [-0.3, -0.25) is 4.79 Å². The van der Waals surface area contributed by atoms with Crippen molar-refractivity contribution < 1.29 is 4.79 Å². The van der Waals surface area contributed by atoms with Gasteiger partial charge in [-0.05, 0) is 19.4 Å². The van der Waals surface area contributed by atoms with Gasteiger partial charge in [-0.15, -0.1) is 0 Å². The monoisotopic (exact) mass is 191 g/mol. The van der Waals surface area contributed by atoms with Gasteiger partial charge in [0.05, 0.1) is 6.04 Å². The predicted molar refractivity (Wildman–Crippen MR) is 58.0 cm³/mol. The molecule has 1 atom stereocenters. The number of benzene rings is 1. The Morgan fingerprint density at radius 3 is 2.21 bits per heavy atom. The minimum Gasteiger partial charge on any atom is -0.339 e. The summed E-state index contributed by atoms with van der Waals surface area (Å²) in [6.07, 6.45) is 0. The smallest absolute Gasteiger partial charge is 0.219 e. The maximum atomic E-state index is 11.2. The molecule has 2 nitrogen and oxygen atoms in total. The molecule has 2 heteroatoms. The van der Waals surface area contributed by atoms with E-state index in [1.54, 1.807) is 11.8 Å². The van der Waals surface area contributed by atoms with Crippen molar-refractivity contribution in [2.45, 2.75) is 26.8 Å². The second-order valence-corrected chi connectivity index (χ2v) is 3.72. The molecule has 0 saturated heterocycles. The summed E-state index contributed by atoms with van der Waals surface area (Å²) in [7, 11) is 1.83. The number of hydrogen-bond donors (Lipinski definition) is 0. The van der Waals surface area contributed by atoms with E-state index in [-0.39, 0.29) is 11.9 Å². The molecule has 0 saturated carbocycles. The SMILES string of the molecule is CC(=O)N(C)C(C)c1ccc(C)cc1. The summed E-state index contributed by atoms with van der Waals surface area (Å²) in [5, 5.41) is 0. The zero-order chi connectivity index (χ0) is 10.7. The number of nitrogens with zero attached hydrogens (tertiary/aromatic N) is 1. The summed E-state index contributed by atoms with van der Waals surface area (Å²) in [5.74, 6) is 0.0954. The van der Waals surface area contributed by atoms with Crippen LogP contribution in [0.4, 0.5) is 0 Å². The molecule has 0 aliphatic carbocycles. The molecule has 0 spiro atoms. The molecule has 0 aliphatic rings. The van der Waals surface area contributed by atoms with Crippen LogP contribution in [0.1, 0.15) is 31.0 Å². The Kier molecular flexibility index (Phi) is 3.28. The van der Waals surface area contributed by atoms with E-state index in [1.807, 2.05) is 14.0 Å². The van der Waals surface area contributed by atoms with Gasteiger partial charge in [-0.1, -0.05) is 29.8 Å². The van der Waals surface area contributed by atoms with Crippen LogP contribution in [0, 0.1) is 6.92 Å². The molecule has 1 aromatic rings. The van der Waals surface area contributed by atoms with Gasteiger partial charge in [-0.2, -0.15) is 0 Å². The molecule has 0 bridgehead atoms. The van der Waals surface area contributed by atoms with Crippen molar-refractivity contribution in [1.29, 1.82) is 0 Å². The van der Waals surface area contributed by atoms with E-state index in [0.717, 1.165) is 0 Å². The van der Waals surface area contributed by atoms with Crippen molar-refractivity contribution in [3.8, 4) is 0 Å². The van der Waals surface area contributed by atoms with E-state index >= 15 is 0 Å². The summed E-state index contributed by atoms with van der Waals surface area (Å²) >= 11 is 0. The van der Waals surface area contributed by atoms with Crippen molar-refractivity contribution in [2.75, 3.05) is 7.05 Å². The molecule has 14 heavy (non-hydrogen) atoms. The standard InChI is InChI=1S/C12H17NO/c1-9-5-7-12(8-6-9)10(2)13(4)11(3)14/h5-8,10H,1-4H3. The van der Waals surface area contributed by atoms with E-state index in [9.17, 15) is 4.79 Å². The van der Waals surface area contributed by atoms with Gasteiger partial charge in [0.1, 0.15) is 0 Å². The molecule has 1 amide bonds. The molecule has 0 aliphatic heterocycles. The van der Waals surface area contributed by atoms with Gasteiger partial charge in [0.25, 0.3) is 0 Å². The maximum Gasteiger partial charge on any atom is 0.219 e. The molecule has 1 aromatic carbocycles. The van der Waals surface area contributed by atoms with E-state index in [4.69, 9.17) is 0 Å². The lowest BCUT2D eigenvalue weighted by molar-refractivity contribution is -0.129. The van der Waals surface area contributed by atoms with E-state index in [1.165, 1.54) is 11.1 Å². The van der Waals surface area contributed by atoms with Gasteiger partial charge >= 0.3 is 0 Å². The van der Waals surface area contributed by atoms with Crippen LogP contribution in [0.5, 0.6) is 0 Å². The second-order valence-electron chi connectivity index (χ2n) is 3.72. The van der Waals surface area contributed by atoms with Crippen LogP contribution >= 0.6 is 0 Å². The second kappa shape index (κ2) is 4.27. The first-order valence-corrected chi connectivity index (χ1v) is 4.82. The Labute approximate surface area is 85.5 Å². The molecule has 1 rings (SSSR count). The number of amides is 1. The van der Waals surface area contributed by atoms with Crippen molar-refractivity contribution in [3.05, 3.63) is 35.4 Å². The van der Waals surface area contributed by atoms with Crippen molar-refractivity contribution in [3.63, 3.8) is 0 Å². The lowest BCUT2D eigenvalue weighted by Crippen LogP contribution is -2.27. The van der Waals surface area contributed by atoms with Crippen LogP contribution in [0.15, 0.2) is 24.3 Å². The van der Waals surface area contributed by atoms with Crippen molar-refractivity contribution in [1.82, 2.24) is 4.90 Å². The third kappa shape index (κ3) is 2.34. The molecule has 0 radical (unpaired) electrons. The number of aryl methyl sites for hydroxylation is 1. The fraction of sp³-hybridized carbons (Fsp3) is 0.417. The highest BCUT2D eigenvalue weighted by Crippen LogP contribution is 2.18. The van der Waals surface area contributed by atoms with E-state index in [2.05, 4.69) is 31.2 Å². The van der Waals surface area contributed by atoms with Gasteiger partial charge in [0.2, 0.25) is 5.91 Å². The number of carbonyl (C=O) groups is 1. The molecular weight excluding hydrogens is 174 g/mol. The Hall–Kier alpha value is -1.31. The lowest BCUT2D eigenvalue weighted by atomic mass is 10.1. The summed E-state index contributed by atoms with van der Waals surface area (Å²) in [6, 6.07) is 8.42. The molecule has 1 unspecified atom stereocenters. The Balaban J connectivity index is 2.84. The summed E-state index contributed by atoms with van der Waals surface area (Å²) in [6.45, 7) is 5.68. The van der Waals surface area contributed by atoms with Crippen LogP contribution in [0.3, 0.4) is 0 Å². The molecular formula is C12H17NO. The molecule has 0 N–H and O–H groups in total. The Morgan fingerprint density at radius 2 is 1.79 bits per heavy atom. The fourth-order valence-electron chi connectivity index (χ4n) is 1.34. The molecule has 0 aromatic heterocycles. The average molecular weight is 191 g/mol. The first kappa shape index (κ1) is 10.8. The van der Waals surface area contributed by atoms with Crippen LogP contribution in [-0.2, 0) is 4.79 Å². The quantitative estimate of drug-likeness (QED) is 0.703. The normalized spacial score (nSPS) is 12.3. The predicted octanol–water partition coefficient (Wildman–Crippen LogP) is 2.53. The highest BCUT2D eigenvalue weighted by molar-refractivity contribution is 5.73. The highest BCUT2D eigenvalue weighted by atomic mass is 16.2. The number of rotatable bonds is 2. The van der Waals surface area contributed by atoms with E-state index < -0.39 is 0 Å². The third-order valence-corrected chi connectivity index (χ3v) is 2.64. The zero-order valence-electron chi connectivity index (χ0n) is 9.24. The molecule has 0 fully saturated rings. The zero-order valence-corrected chi connectivity index (χ0v) is 9.24. The minimum absolute atomic E-state index is 0.0954. The summed E-state index contributed by atoms with van der Waals surface area (Å²) < 4.78 is 0. The first-order valence-electron chi connectivity index (χ1n) is 4.82. The number of hydrogen-bond acceptors (Lipinski definition) is 1. The minimum atomic E-state index is 0.0954. The van der Waals surface area contributed by atoms with Crippen molar-refractivity contribution >= 4 is 5.91 Å². The fourth-order valence-corrected chi connectivity index (χ4v) is 1.34. The van der Waals surface area contributed by atoms with Gasteiger partial charge < -0.3 is 4.90 Å². The molecule has 76 valence electrons. The van der Waals surface area contributed by atoms with Gasteiger partial charge in [0, 0.05) is 14.0 Å². The lowest BCUT2D eigenvalue weighted by Gasteiger charge is -2.23. The summed E-state index contributed by atoms with van der Waals surface area (Å²) in [5.41, 5.74) is 2.42. The number of carbonyl (C=O) groups excluding carboxylic acids is 1. The largest absolute Gasteiger partial charge is 0.339 e. The molecule has 0 heterocycles. The van der Waals surface area contributed by atoms with Gasteiger partial charge in [0.15, 0.2) is 0 Å². The Bertz CT molecular complexity index is 316. The van der Waals surface area contributed by atoms with Crippen LogP contribution in [-0.4, -0.2) is 17.9 Å². The van der Waals surface area contributed by atoms with Crippen LogP contribution in [0.25, 0.3) is 0 Å². The summed E-state index contributed by atoms with van der Waals surface area (Å²) in [4.78, 5) is 12.9. The third-order valence-electron chi connectivity index (χ3n) is 2.64. The van der Waals surface area contributed by atoms with Crippen LogP contribution < -0.4 is 0 Å². The van der Waals surface area contributed by atoms with Crippen molar-refractivity contribution in [2.24, 2.45) is 0 Å².